The minimum atomic E-state index is -0.203. The van der Waals surface area contributed by atoms with Crippen molar-refractivity contribution in [1.29, 1.82) is 0 Å². The van der Waals surface area contributed by atoms with Crippen LogP contribution in [0, 0.1) is 6.92 Å². The summed E-state index contributed by atoms with van der Waals surface area (Å²) in [6.07, 6.45) is 0. The van der Waals surface area contributed by atoms with E-state index < -0.39 is 0 Å². The van der Waals surface area contributed by atoms with Crippen LogP contribution in [-0.4, -0.2) is 32.1 Å². The standard InChI is InChI=1S/C18H20N2O3/c1-13-8-9-15(17(21)19-10-11-23-2)12-16(13)20-18(22)14-6-4-3-5-7-14/h3-9,12H,10-11H2,1-2H3,(H,19,21)(H,20,22). The maximum absolute atomic E-state index is 12.2. The Kier molecular flexibility index (Phi) is 5.88. The summed E-state index contributed by atoms with van der Waals surface area (Å²) in [6.45, 7) is 2.78. The van der Waals surface area contributed by atoms with E-state index in [4.69, 9.17) is 4.74 Å². The van der Waals surface area contributed by atoms with Gasteiger partial charge in [0.15, 0.2) is 0 Å². The minimum absolute atomic E-state index is 0.197. The van der Waals surface area contributed by atoms with Crippen molar-refractivity contribution in [3.8, 4) is 0 Å². The summed E-state index contributed by atoms with van der Waals surface area (Å²) in [5, 5.41) is 5.60. The van der Waals surface area contributed by atoms with Crippen LogP contribution in [0.1, 0.15) is 26.3 Å². The molecule has 2 aromatic carbocycles. The highest BCUT2D eigenvalue weighted by atomic mass is 16.5. The summed E-state index contributed by atoms with van der Waals surface area (Å²) < 4.78 is 4.90. The summed E-state index contributed by atoms with van der Waals surface area (Å²) in [5.41, 5.74) is 2.58. The first-order valence-corrected chi connectivity index (χ1v) is 7.36. The van der Waals surface area contributed by atoms with Gasteiger partial charge in [0, 0.05) is 30.5 Å². The maximum atomic E-state index is 12.2. The van der Waals surface area contributed by atoms with Gasteiger partial charge in [-0.2, -0.15) is 0 Å². The van der Waals surface area contributed by atoms with Gasteiger partial charge in [0.1, 0.15) is 0 Å². The summed E-state index contributed by atoms with van der Waals surface area (Å²) in [6, 6.07) is 14.2. The SMILES string of the molecule is COCCNC(=O)c1ccc(C)c(NC(=O)c2ccccc2)c1. The molecule has 2 amide bonds. The molecular weight excluding hydrogens is 292 g/mol. The summed E-state index contributed by atoms with van der Waals surface area (Å²) in [4.78, 5) is 24.3. The van der Waals surface area contributed by atoms with Gasteiger partial charge in [-0.15, -0.1) is 0 Å². The molecule has 23 heavy (non-hydrogen) atoms. The largest absolute Gasteiger partial charge is 0.383 e. The number of hydrogen-bond donors (Lipinski definition) is 2. The van der Waals surface area contributed by atoms with Gasteiger partial charge in [-0.25, -0.2) is 0 Å². The molecule has 0 heterocycles. The third-order valence-electron chi connectivity index (χ3n) is 3.38. The number of carbonyl (C=O) groups excluding carboxylic acids is 2. The zero-order chi connectivity index (χ0) is 16.7. The number of hydrogen-bond acceptors (Lipinski definition) is 3. The van der Waals surface area contributed by atoms with E-state index in [2.05, 4.69) is 10.6 Å². The lowest BCUT2D eigenvalue weighted by molar-refractivity contribution is 0.0936. The molecular formula is C18H20N2O3. The molecule has 0 saturated heterocycles. The van der Waals surface area contributed by atoms with Gasteiger partial charge in [-0.1, -0.05) is 24.3 Å². The van der Waals surface area contributed by atoms with Crippen molar-refractivity contribution in [1.82, 2.24) is 5.32 Å². The Bertz CT molecular complexity index is 684. The average Bonchev–Trinajstić information content (AvgIpc) is 2.57. The van der Waals surface area contributed by atoms with Crippen molar-refractivity contribution in [2.45, 2.75) is 6.92 Å². The Hall–Kier alpha value is -2.66. The molecule has 2 N–H and O–H groups in total. The summed E-state index contributed by atoms with van der Waals surface area (Å²) >= 11 is 0. The fourth-order valence-corrected chi connectivity index (χ4v) is 2.05. The van der Waals surface area contributed by atoms with Crippen LogP contribution in [0.3, 0.4) is 0 Å². The van der Waals surface area contributed by atoms with Crippen LogP contribution < -0.4 is 10.6 Å². The molecule has 0 aliphatic rings. The molecule has 0 radical (unpaired) electrons. The first kappa shape index (κ1) is 16.7. The van der Waals surface area contributed by atoms with Gasteiger partial charge in [-0.3, -0.25) is 9.59 Å². The van der Waals surface area contributed by atoms with Crippen molar-refractivity contribution in [3.63, 3.8) is 0 Å². The molecule has 0 fully saturated rings. The van der Waals surface area contributed by atoms with E-state index in [9.17, 15) is 9.59 Å². The second kappa shape index (κ2) is 8.10. The van der Waals surface area contributed by atoms with Crippen LogP contribution in [0.15, 0.2) is 48.5 Å². The van der Waals surface area contributed by atoms with E-state index >= 15 is 0 Å². The fraction of sp³-hybridized carbons (Fsp3) is 0.222. The predicted octanol–water partition coefficient (Wildman–Crippen LogP) is 2.62. The quantitative estimate of drug-likeness (QED) is 0.806. The molecule has 5 nitrogen and oxygen atoms in total. The van der Waals surface area contributed by atoms with Crippen molar-refractivity contribution >= 4 is 17.5 Å². The van der Waals surface area contributed by atoms with Crippen LogP contribution in [0.2, 0.25) is 0 Å². The monoisotopic (exact) mass is 312 g/mol. The van der Waals surface area contributed by atoms with Gasteiger partial charge >= 0.3 is 0 Å². The molecule has 2 aromatic rings. The zero-order valence-electron chi connectivity index (χ0n) is 13.3. The van der Waals surface area contributed by atoms with Crippen LogP contribution in [0.25, 0.3) is 0 Å². The van der Waals surface area contributed by atoms with Gasteiger partial charge in [-0.05, 0) is 36.8 Å². The Balaban J connectivity index is 2.11. The first-order chi connectivity index (χ1) is 11.1. The van der Waals surface area contributed by atoms with Crippen LogP contribution >= 0.6 is 0 Å². The van der Waals surface area contributed by atoms with Crippen molar-refractivity contribution in [2.75, 3.05) is 25.6 Å². The van der Waals surface area contributed by atoms with Crippen molar-refractivity contribution in [2.24, 2.45) is 0 Å². The number of benzene rings is 2. The number of rotatable bonds is 6. The molecule has 0 bridgehead atoms. The van der Waals surface area contributed by atoms with Crippen molar-refractivity contribution < 1.29 is 14.3 Å². The lowest BCUT2D eigenvalue weighted by Crippen LogP contribution is -2.27. The Morgan fingerprint density at radius 3 is 2.43 bits per heavy atom. The number of aryl methyl sites for hydroxylation is 1. The number of amides is 2. The lowest BCUT2D eigenvalue weighted by Gasteiger charge is -2.11. The van der Waals surface area contributed by atoms with Gasteiger partial charge < -0.3 is 15.4 Å². The predicted molar refractivity (Wildman–Crippen MR) is 89.8 cm³/mol. The van der Waals surface area contributed by atoms with Crippen molar-refractivity contribution in [3.05, 3.63) is 65.2 Å². The minimum Gasteiger partial charge on any atom is -0.383 e. The molecule has 0 aromatic heterocycles. The number of anilines is 1. The summed E-state index contributed by atoms with van der Waals surface area (Å²) in [7, 11) is 1.58. The third kappa shape index (κ3) is 4.66. The van der Waals surface area contributed by atoms with Gasteiger partial charge in [0.05, 0.1) is 6.61 Å². The van der Waals surface area contributed by atoms with E-state index in [0.29, 0.717) is 30.0 Å². The van der Waals surface area contributed by atoms with E-state index in [1.807, 2.05) is 19.1 Å². The summed E-state index contributed by atoms with van der Waals surface area (Å²) in [5.74, 6) is -0.400. The first-order valence-electron chi connectivity index (χ1n) is 7.36. The smallest absolute Gasteiger partial charge is 0.255 e. The number of methoxy groups -OCH3 is 1. The van der Waals surface area contributed by atoms with Gasteiger partial charge in [0.25, 0.3) is 11.8 Å². The zero-order valence-corrected chi connectivity index (χ0v) is 13.3. The van der Waals surface area contributed by atoms with Crippen LogP contribution in [0.4, 0.5) is 5.69 Å². The number of carbonyl (C=O) groups is 2. The second-order valence-electron chi connectivity index (χ2n) is 5.10. The lowest BCUT2D eigenvalue weighted by atomic mass is 10.1. The molecule has 0 aliphatic heterocycles. The van der Waals surface area contributed by atoms with E-state index in [1.54, 1.807) is 43.5 Å². The molecule has 2 rings (SSSR count). The fourth-order valence-electron chi connectivity index (χ4n) is 2.05. The Morgan fingerprint density at radius 2 is 1.74 bits per heavy atom. The molecule has 0 unspecified atom stereocenters. The third-order valence-corrected chi connectivity index (χ3v) is 3.38. The van der Waals surface area contributed by atoms with Crippen LogP contribution in [-0.2, 0) is 4.74 Å². The molecule has 120 valence electrons. The Morgan fingerprint density at radius 1 is 1.00 bits per heavy atom. The molecule has 0 saturated carbocycles. The number of nitrogens with one attached hydrogen (secondary N) is 2. The average molecular weight is 312 g/mol. The number of ether oxygens (including phenoxy) is 1. The highest BCUT2D eigenvalue weighted by Gasteiger charge is 2.11. The highest BCUT2D eigenvalue weighted by Crippen LogP contribution is 2.18. The van der Waals surface area contributed by atoms with Gasteiger partial charge in [0.2, 0.25) is 0 Å². The topological polar surface area (TPSA) is 67.4 Å². The molecule has 5 heteroatoms. The highest BCUT2D eigenvalue weighted by molar-refractivity contribution is 6.05. The maximum Gasteiger partial charge on any atom is 0.255 e. The molecule has 0 spiro atoms. The van der Waals surface area contributed by atoms with E-state index in [0.717, 1.165) is 5.56 Å². The Labute approximate surface area is 135 Å². The van der Waals surface area contributed by atoms with Crippen LogP contribution in [0.5, 0.6) is 0 Å². The normalized spacial score (nSPS) is 10.2. The second-order valence-corrected chi connectivity index (χ2v) is 5.10. The van der Waals surface area contributed by atoms with E-state index in [-0.39, 0.29) is 11.8 Å². The molecule has 0 atom stereocenters. The van der Waals surface area contributed by atoms with E-state index in [1.165, 1.54) is 0 Å². The molecule has 0 aliphatic carbocycles.